The van der Waals surface area contributed by atoms with Crippen molar-refractivity contribution in [2.24, 2.45) is 0 Å². The molecule has 4 aromatic carbocycles. The minimum atomic E-state index is -4.00. The fourth-order valence-electron chi connectivity index (χ4n) is 7.18. The molecular formula is C46H53N5O11S4. The molecule has 16 nitrogen and oxygen atoms in total. The molecule has 5 aromatic rings. The quantitative estimate of drug-likeness (QED) is 0.0457. The predicted octanol–water partition coefficient (Wildman–Crippen LogP) is 10.1. The molecule has 0 spiro atoms. The van der Waals surface area contributed by atoms with Gasteiger partial charge in [-0.15, -0.1) is 11.3 Å². The Morgan fingerprint density at radius 3 is 1.62 bits per heavy atom. The number of carbonyl (C=O) groups is 4. The van der Waals surface area contributed by atoms with Gasteiger partial charge in [0.1, 0.15) is 26.1 Å². The number of fused-ring (bicyclic) bond motifs is 1. The summed E-state index contributed by atoms with van der Waals surface area (Å²) in [6.07, 6.45) is 2.85. The summed E-state index contributed by atoms with van der Waals surface area (Å²) >= 11 is 1.37. The van der Waals surface area contributed by atoms with Crippen molar-refractivity contribution in [1.29, 1.82) is 0 Å². The average molecular weight is 980 g/mol. The third-order valence-electron chi connectivity index (χ3n) is 10.4. The van der Waals surface area contributed by atoms with E-state index in [0.29, 0.717) is 46.8 Å². The first kappa shape index (κ1) is 49.7. The predicted molar refractivity (Wildman–Crippen MR) is 263 cm³/mol. The Bertz CT molecular complexity index is 2800. The topological polar surface area (TPSA) is 235 Å². The molecule has 20 heteroatoms. The van der Waals surface area contributed by atoms with Crippen LogP contribution in [0.4, 0.5) is 11.4 Å². The Labute approximate surface area is 391 Å². The van der Waals surface area contributed by atoms with Gasteiger partial charge in [0.15, 0.2) is 0 Å². The van der Waals surface area contributed by atoms with Crippen LogP contribution in [-0.4, -0.2) is 78.6 Å². The smallest absolute Gasteiger partial charge is 0.348 e. The second-order valence-electron chi connectivity index (χ2n) is 15.1. The molecule has 0 fully saturated rings. The lowest BCUT2D eigenvalue weighted by Gasteiger charge is -2.38. The van der Waals surface area contributed by atoms with E-state index in [9.17, 15) is 45.8 Å². The fraction of sp³-hybridized carbons (Fsp3) is 0.261. The van der Waals surface area contributed by atoms with E-state index in [4.69, 9.17) is 4.74 Å². The molecule has 0 bridgehead atoms. The van der Waals surface area contributed by atoms with E-state index in [1.54, 1.807) is 61.5 Å². The Morgan fingerprint density at radius 1 is 0.697 bits per heavy atom. The number of amides is 3. The summed E-state index contributed by atoms with van der Waals surface area (Å²) in [6, 6.07) is 28.6. The highest BCUT2D eigenvalue weighted by Gasteiger charge is 2.45. The molecule has 7 rings (SSSR count). The molecule has 2 aliphatic rings. The summed E-state index contributed by atoms with van der Waals surface area (Å²) in [5.41, 5.74) is 3.04. The van der Waals surface area contributed by atoms with Gasteiger partial charge < -0.3 is 15.4 Å². The SMILES string of the molecule is CCCCN1C(=O)C(Nc2ccc(S(=O)(=O)NC(C)=O)cc2)=C(c2ccccc2)S1(O)O.CCCCN1C(=O)C(Nc2ccc3sc(C(=O)OCC)c(C)c3c2)=C(c2ccccc2)S1(O)O. The zero-order chi connectivity index (χ0) is 48.0. The number of aryl methyl sites for hydroxylation is 1. The minimum absolute atomic E-state index is 0.0183. The number of nitrogens with zero attached hydrogens (tertiary/aromatic N) is 2. The van der Waals surface area contributed by atoms with Crippen molar-refractivity contribution in [2.45, 2.75) is 65.2 Å². The molecule has 0 saturated carbocycles. The minimum Gasteiger partial charge on any atom is -0.462 e. The molecule has 352 valence electrons. The van der Waals surface area contributed by atoms with Gasteiger partial charge >= 0.3 is 5.97 Å². The maximum atomic E-state index is 13.4. The molecule has 3 heterocycles. The van der Waals surface area contributed by atoms with Crippen LogP contribution in [0, 0.1) is 6.92 Å². The van der Waals surface area contributed by atoms with Crippen LogP contribution in [0.3, 0.4) is 0 Å². The number of nitrogens with one attached hydrogen (secondary N) is 3. The molecule has 0 aliphatic carbocycles. The van der Waals surface area contributed by atoms with Crippen LogP contribution in [0.5, 0.6) is 0 Å². The van der Waals surface area contributed by atoms with Gasteiger partial charge in [-0.3, -0.25) is 32.6 Å². The van der Waals surface area contributed by atoms with E-state index < -0.39 is 49.3 Å². The molecule has 2 aliphatic heterocycles. The van der Waals surface area contributed by atoms with E-state index in [2.05, 4.69) is 10.6 Å². The number of rotatable bonds is 16. The van der Waals surface area contributed by atoms with E-state index in [1.807, 2.05) is 49.8 Å². The molecule has 0 unspecified atom stereocenters. The normalized spacial score (nSPS) is 16.5. The highest BCUT2D eigenvalue weighted by Crippen LogP contribution is 2.63. The van der Waals surface area contributed by atoms with E-state index in [-0.39, 0.29) is 45.2 Å². The summed E-state index contributed by atoms with van der Waals surface area (Å²) in [4.78, 5) is 50.6. The number of esters is 1. The zero-order valence-electron chi connectivity index (χ0n) is 36.9. The number of unbranched alkanes of at least 4 members (excludes halogenated alkanes) is 2. The molecule has 0 saturated heterocycles. The Hall–Kier alpha value is -5.71. The molecule has 7 N–H and O–H groups in total. The number of thiophene rings is 1. The summed E-state index contributed by atoms with van der Waals surface area (Å²) in [5.74, 6) is -2.05. The summed E-state index contributed by atoms with van der Waals surface area (Å²) in [7, 11) is -11.0. The second kappa shape index (κ2) is 20.9. The zero-order valence-corrected chi connectivity index (χ0v) is 40.2. The van der Waals surface area contributed by atoms with Crippen molar-refractivity contribution in [2.75, 3.05) is 30.3 Å². The first-order valence-electron chi connectivity index (χ1n) is 21.0. The van der Waals surface area contributed by atoms with E-state index in [1.165, 1.54) is 39.9 Å². The number of hydrogen-bond donors (Lipinski definition) is 7. The van der Waals surface area contributed by atoms with Gasteiger partial charge in [-0.2, -0.15) is 0 Å². The standard InChI is InChI=1S/C25H28N2O5S2.C21H25N3O6S2/c1-4-6-14-27-24(28)21(23(34(27,30)31)17-10-8-7-9-11-17)26-18-12-13-20-19(15-18)16(3)22(33-20)25(29)32-5-2;1-3-4-14-24-21(26)19(20(32(24,29)30)16-8-6-5-7-9-16)22-17-10-12-18(13-11-17)31(27,28)23-15(2)25/h7-13,15,26,30-31H,4-6,14H2,1-3H3;5-13,22,29-30H,3-4,14H2,1-2H3,(H,23,25). The summed E-state index contributed by atoms with van der Waals surface area (Å²) in [6.45, 7) is 9.41. The summed E-state index contributed by atoms with van der Waals surface area (Å²) in [5, 5.41) is 6.96. The average Bonchev–Trinajstić information content (AvgIpc) is 3.78. The first-order chi connectivity index (χ1) is 31.4. The Balaban J connectivity index is 0.000000219. The van der Waals surface area contributed by atoms with Crippen LogP contribution < -0.4 is 15.4 Å². The number of hydrogen-bond acceptors (Lipinski definition) is 14. The van der Waals surface area contributed by atoms with Gasteiger partial charge in [0.2, 0.25) is 5.91 Å². The number of sulfonamides is 1. The monoisotopic (exact) mass is 979 g/mol. The third-order valence-corrected chi connectivity index (χ3v) is 17.0. The van der Waals surface area contributed by atoms with E-state index >= 15 is 0 Å². The highest BCUT2D eigenvalue weighted by atomic mass is 32.3. The molecular weight excluding hydrogens is 927 g/mol. The highest BCUT2D eigenvalue weighted by molar-refractivity contribution is 8.31. The van der Waals surface area contributed by atoms with Crippen molar-refractivity contribution in [3.8, 4) is 0 Å². The maximum Gasteiger partial charge on any atom is 0.348 e. The molecule has 3 amide bonds. The maximum absolute atomic E-state index is 13.4. The molecule has 0 atom stereocenters. The lowest BCUT2D eigenvalue weighted by Crippen LogP contribution is -2.31. The van der Waals surface area contributed by atoms with Gasteiger partial charge in [-0.25, -0.2) is 26.5 Å². The van der Waals surface area contributed by atoms with Crippen LogP contribution >= 0.6 is 32.9 Å². The number of anilines is 2. The van der Waals surface area contributed by atoms with Crippen molar-refractivity contribution in [1.82, 2.24) is 13.3 Å². The summed E-state index contributed by atoms with van der Waals surface area (Å²) < 4.78 is 78.7. The lowest BCUT2D eigenvalue weighted by atomic mass is 10.1. The Morgan fingerprint density at radius 2 is 1.17 bits per heavy atom. The van der Waals surface area contributed by atoms with Crippen LogP contribution in [-0.2, 0) is 29.1 Å². The first-order valence-corrected chi connectivity index (χ1v) is 26.4. The van der Waals surface area contributed by atoms with Crippen LogP contribution in [0.1, 0.15) is 79.7 Å². The number of carbonyl (C=O) groups excluding carboxylic acids is 4. The molecule has 0 radical (unpaired) electrons. The van der Waals surface area contributed by atoms with Crippen molar-refractivity contribution in [3.05, 3.63) is 136 Å². The van der Waals surface area contributed by atoms with Gasteiger partial charge in [-0.1, -0.05) is 109 Å². The van der Waals surface area contributed by atoms with E-state index in [0.717, 1.165) is 39.7 Å². The molecule has 66 heavy (non-hydrogen) atoms. The largest absolute Gasteiger partial charge is 0.462 e. The fourth-order valence-corrected chi connectivity index (χ4v) is 12.8. The van der Waals surface area contributed by atoms with Crippen molar-refractivity contribution >= 4 is 97.9 Å². The lowest BCUT2D eigenvalue weighted by molar-refractivity contribution is -0.123. The number of ether oxygens (including phenoxy) is 1. The third kappa shape index (κ3) is 10.5. The van der Waals surface area contributed by atoms with Crippen molar-refractivity contribution in [3.63, 3.8) is 0 Å². The number of benzene rings is 4. The van der Waals surface area contributed by atoms with Crippen molar-refractivity contribution < 1.29 is 50.5 Å². The van der Waals surface area contributed by atoms with Gasteiger partial charge in [-0.05, 0) is 80.1 Å². The Kier molecular flexibility index (Phi) is 15.7. The van der Waals surface area contributed by atoms with Crippen LogP contribution in [0.2, 0.25) is 0 Å². The van der Waals surface area contributed by atoms with Crippen LogP contribution in [0.25, 0.3) is 19.9 Å². The van der Waals surface area contributed by atoms with Gasteiger partial charge in [0.25, 0.3) is 21.8 Å². The van der Waals surface area contributed by atoms with Gasteiger partial charge in [0, 0.05) is 47.2 Å². The van der Waals surface area contributed by atoms with Crippen LogP contribution in [0.15, 0.2) is 119 Å². The van der Waals surface area contributed by atoms with Gasteiger partial charge in [0.05, 0.1) is 11.5 Å². The molecule has 1 aromatic heterocycles. The second-order valence-corrected chi connectivity index (χ2v) is 21.6.